The van der Waals surface area contributed by atoms with Gasteiger partial charge in [-0.15, -0.1) is 0 Å². The van der Waals surface area contributed by atoms with Crippen LogP contribution in [0.1, 0.15) is 36.5 Å². The van der Waals surface area contributed by atoms with Crippen molar-refractivity contribution in [2.24, 2.45) is 0 Å². The van der Waals surface area contributed by atoms with Gasteiger partial charge in [0.25, 0.3) is 5.91 Å². The smallest absolute Gasteiger partial charge is 0.328 e. The molecule has 1 aliphatic heterocycles. The van der Waals surface area contributed by atoms with Crippen molar-refractivity contribution in [3.63, 3.8) is 0 Å². The number of carbonyl (C=O) groups is 2. The van der Waals surface area contributed by atoms with Gasteiger partial charge in [0.05, 0.1) is 18.4 Å². The van der Waals surface area contributed by atoms with E-state index in [9.17, 15) is 9.59 Å². The van der Waals surface area contributed by atoms with Gasteiger partial charge in [0.15, 0.2) is 0 Å². The van der Waals surface area contributed by atoms with E-state index in [1.54, 1.807) is 18.0 Å². The second kappa shape index (κ2) is 5.66. The first-order chi connectivity index (χ1) is 8.74. The summed E-state index contributed by atoms with van der Waals surface area (Å²) >= 11 is 0. The van der Waals surface area contributed by atoms with Crippen molar-refractivity contribution in [3.05, 3.63) is 18.0 Å². The molecular weight excluding hydrogens is 234 g/mol. The van der Waals surface area contributed by atoms with Crippen LogP contribution >= 0.6 is 0 Å². The van der Waals surface area contributed by atoms with Crippen LogP contribution < -0.4 is 0 Å². The van der Waals surface area contributed by atoms with Crippen LogP contribution in [0.2, 0.25) is 0 Å². The zero-order valence-corrected chi connectivity index (χ0v) is 10.4. The van der Waals surface area contributed by atoms with Crippen molar-refractivity contribution >= 4 is 11.9 Å². The van der Waals surface area contributed by atoms with E-state index in [0.29, 0.717) is 25.1 Å². The Bertz CT molecular complexity index is 416. The zero-order valence-electron chi connectivity index (χ0n) is 10.4. The predicted molar refractivity (Wildman–Crippen MR) is 63.9 cm³/mol. The first-order valence-electron chi connectivity index (χ1n) is 6.20. The number of nitrogens with zero attached hydrogens (tertiary/aromatic N) is 2. The molecule has 1 unspecified atom stereocenters. The highest BCUT2D eigenvalue weighted by Crippen LogP contribution is 2.20. The number of likely N-dealkylation sites (tertiary alicyclic amines) is 1. The van der Waals surface area contributed by atoms with E-state index in [4.69, 9.17) is 4.74 Å². The Morgan fingerprint density at radius 3 is 3.06 bits per heavy atom. The number of ether oxygens (including phenoxy) is 1. The Balaban J connectivity index is 2.12. The minimum absolute atomic E-state index is 0.165. The molecule has 0 saturated carbocycles. The van der Waals surface area contributed by atoms with Crippen molar-refractivity contribution in [1.29, 1.82) is 0 Å². The summed E-state index contributed by atoms with van der Waals surface area (Å²) in [7, 11) is 0. The molecule has 1 aromatic rings. The summed E-state index contributed by atoms with van der Waals surface area (Å²) in [5.74, 6) is -0.476. The highest BCUT2D eigenvalue weighted by molar-refractivity contribution is 5.96. The molecule has 1 saturated heterocycles. The highest BCUT2D eigenvalue weighted by atomic mass is 16.5. The van der Waals surface area contributed by atoms with Crippen LogP contribution in [0, 0.1) is 0 Å². The summed E-state index contributed by atoms with van der Waals surface area (Å²) in [6.45, 7) is 2.69. The van der Waals surface area contributed by atoms with Crippen LogP contribution in [0.5, 0.6) is 0 Å². The summed E-state index contributed by atoms with van der Waals surface area (Å²) in [5, 5.41) is 6.36. The van der Waals surface area contributed by atoms with E-state index in [2.05, 4.69) is 10.2 Å². The maximum absolute atomic E-state index is 12.2. The van der Waals surface area contributed by atoms with E-state index in [0.717, 1.165) is 12.8 Å². The van der Waals surface area contributed by atoms with Crippen LogP contribution in [0.25, 0.3) is 0 Å². The molecule has 6 nitrogen and oxygen atoms in total. The van der Waals surface area contributed by atoms with Crippen LogP contribution in [0.3, 0.4) is 0 Å². The number of carbonyl (C=O) groups excluding carboxylic acids is 2. The van der Waals surface area contributed by atoms with Crippen molar-refractivity contribution in [2.45, 2.75) is 32.2 Å². The Kier molecular flexibility index (Phi) is 3.96. The van der Waals surface area contributed by atoms with Crippen molar-refractivity contribution in [3.8, 4) is 0 Å². The monoisotopic (exact) mass is 251 g/mol. The normalized spacial score (nSPS) is 19.6. The number of amides is 1. The molecule has 1 fully saturated rings. The minimum atomic E-state index is -0.457. The molecule has 1 amide bonds. The van der Waals surface area contributed by atoms with Gasteiger partial charge in [0, 0.05) is 12.7 Å². The number of nitrogens with one attached hydrogen (secondary N) is 1. The van der Waals surface area contributed by atoms with Crippen LogP contribution in [0.4, 0.5) is 0 Å². The SMILES string of the molecule is CCOC(=O)C1CCCCN1C(=O)c1cn[nH]c1. The maximum Gasteiger partial charge on any atom is 0.328 e. The molecule has 0 bridgehead atoms. The topological polar surface area (TPSA) is 75.3 Å². The Hall–Kier alpha value is -1.85. The van der Waals surface area contributed by atoms with Gasteiger partial charge >= 0.3 is 5.97 Å². The Labute approximate surface area is 105 Å². The number of piperidine rings is 1. The van der Waals surface area contributed by atoms with Gasteiger partial charge in [-0.25, -0.2) is 4.79 Å². The molecular formula is C12H17N3O3. The van der Waals surface area contributed by atoms with Gasteiger partial charge in [0.2, 0.25) is 0 Å². The van der Waals surface area contributed by atoms with Gasteiger partial charge in [0.1, 0.15) is 6.04 Å². The lowest BCUT2D eigenvalue weighted by Gasteiger charge is -2.33. The summed E-state index contributed by atoms with van der Waals surface area (Å²) < 4.78 is 5.02. The molecule has 0 aliphatic carbocycles. The summed E-state index contributed by atoms with van der Waals surface area (Å²) in [6.07, 6.45) is 5.54. The number of aromatic nitrogens is 2. The molecule has 0 radical (unpaired) electrons. The van der Waals surface area contributed by atoms with Crippen LogP contribution in [0.15, 0.2) is 12.4 Å². The summed E-state index contributed by atoms with van der Waals surface area (Å²) in [5.41, 5.74) is 0.478. The number of H-pyrrole nitrogens is 1. The molecule has 98 valence electrons. The van der Waals surface area contributed by atoms with E-state index in [-0.39, 0.29) is 11.9 Å². The quantitative estimate of drug-likeness (QED) is 0.812. The van der Waals surface area contributed by atoms with Gasteiger partial charge in [-0.05, 0) is 26.2 Å². The fourth-order valence-electron chi connectivity index (χ4n) is 2.19. The van der Waals surface area contributed by atoms with E-state index in [1.165, 1.54) is 6.20 Å². The van der Waals surface area contributed by atoms with Crippen molar-refractivity contribution in [2.75, 3.05) is 13.2 Å². The van der Waals surface area contributed by atoms with Crippen LogP contribution in [-0.2, 0) is 9.53 Å². The average Bonchev–Trinajstić information content (AvgIpc) is 2.92. The fourth-order valence-corrected chi connectivity index (χ4v) is 2.19. The average molecular weight is 251 g/mol. The first kappa shape index (κ1) is 12.6. The van der Waals surface area contributed by atoms with E-state index < -0.39 is 6.04 Å². The number of esters is 1. The first-order valence-corrected chi connectivity index (χ1v) is 6.20. The molecule has 2 rings (SSSR count). The largest absolute Gasteiger partial charge is 0.464 e. The van der Waals surface area contributed by atoms with E-state index >= 15 is 0 Å². The molecule has 1 atom stereocenters. The number of rotatable bonds is 3. The number of aromatic amines is 1. The molecule has 0 aromatic carbocycles. The number of hydrogen-bond acceptors (Lipinski definition) is 4. The van der Waals surface area contributed by atoms with Gasteiger partial charge < -0.3 is 9.64 Å². The third-order valence-electron chi connectivity index (χ3n) is 3.07. The molecule has 2 heterocycles. The maximum atomic E-state index is 12.2. The molecule has 1 N–H and O–H groups in total. The predicted octanol–water partition coefficient (Wildman–Crippen LogP) is 0.967. The molecule has 18 heavy (non-hydrogen) atoms. The summed E-state index contributed by atoms with van der Waals surface area (Å²) in [6, 6.07) is -0.457. The second-order valence-corrected chi connectivity index (χ2v) is 4.25. The standard InChI is InChI=1S/C12H17N3O3/c1-2-18-12(17)10-5-3-4-6-15(10)11(16)9-7-13-14-8-9/h7-8,10H,2-6H2,1H3,(H,13,14). The Morgan fingerprint density at radius 2 is 2.39 bits per heavy atom. The molecule has 1 aliphatic rings. The summed E-state index contributed by atoms with van der Waals surface area (Å²) in [4.78, 5) is 25.7. The number of hydrogen-bond donors (Lipinski definition) is 1. The van der Waals surface area contributed by atoms with Crippen LogP contribution in [-0.4, -0.2) is 46.2 Å². The van der Waals surface area contributed by atoms with Gasteiger partial charge in [-0.2, -0.15) is 5.10 Å². The third-order valence-corrected chi connectivity index (χ3v) is 3.07. The van der Waals surface area contributed by atoms with Gasteiger partial charge in [-0.1, -0.05) is 0 Å². The Morgan fingerprint density at radius 1 is 1.56 bits per heavy atom. The lowest BCUT2D eigenvalue weighted by Crippen LogP contribution is -2.48. The molecule has 1 aromatic heterocycles. The zero-order chi connectivity index (χ0) is 13.0. The minimum Gasteiger partial charge on any atom is -0.464 e. The van der Waals surface area contributed by atoms with Gasteiger partial charge in [-0.3, -0.25) is 9.89 Å². The third kappa shape index (κ3) is 2.52. The lowest BCUT2D eigenvalue weighted by atomic mass is 10.0. The highest BCUT2D eigenvalue weighted by Gasteiger charge is 2.33. The second-order valence-electron chi connectivity index (χ2n) is 4.25. The van der Waals surface area contributed by atoms with Crippen molar-refractivity contribution < 1.29 is 14.3 Å². The van der Waals surface area contributed by atoms with Crippen molar-refractivity contribution in [1.82, 2.24) is 15.1 Å². The molecule has 0 spiro atoms. The van der Waals surface area contributed by atoms with E-state index in [1.807, 2.05) is 0 Å². The lowest BCUT2D eigenvalue weighted by molar-refractivity contribution is -0.149. The molecule has 6 heteroatoms. The fraction of sp³-hybridized carbons (Fsp3) is 0.583.